The lowest BCUT2D eigenvalue weighted by Gasteiger charge is -2.24. The number of hydrogen-bond acceptors (Lipinski definition) is 3. The summed E-state index contributed by atoms with van der Waals surface area (Å²) in [4.78, 5) is 29.5. The van der Waals surface area contributed by atoms with Crippen LogP contribution in [0, 0.1) is 0 Å². The summed E-state index contributed by atoms with van der Waals surface area (Å²) in [6, 6.07) is 8.25. The van der Waals surface area contributed by atoms with Gasteiger partial charge in [0.1, 0.15) is 5.88 Å². The molecule has 3 aromatic rings. The van der Waals surface area contributed by atoms with Crippen molar-refractivity contribution in [2.45, 2.75) is 70.9 Å². The minimum absolute atomic E-state index is 0.00690. The number of alkyl halides is 1. The molecular formula is C27H33ClN4O2. The van der Waals surface area contributed by atoms with Crippen molar-refractivity contribution < 1.29 is 9.59 Å². The van der Waals surface area contributed by atoms with Crippen molar-refractivity contribution in [3.63, 3.8) is 0 Å². The quantitative estimate of drug-likeness (QED) is 0.449. The van der Waals surface area contributed by atoms with E-state index in [2.05, 4.69) is 47.0 Å². The van der Waals surface area contributed by atoms with Crippen LogP contribution < -0.4 is 10.6 Å². The number of anilines is 1. The molecule has 0 aliphatic heterocycles. The van der Waals surface area contributed by atoms with Gasteiger partial charge in [-0.15, -0.1) is 11.6 Å². The second-order valence-electron chi connectivity index (χ2n) is 10.1. The summed E-state index contributed by atoms with van der Waals surface area (Å²) >= 11 is 5.84. The van der Waals surface area contributed by atoms with Gasteiger partial charge in [-0.05, 0) is 62.9 Å². The highest BCUT2D eigenvalue weighted by Crippen LogP contribution is 2.38. The first-order valence-corrected chi connectivity index (χ1v) is 12.5. The molecule has 2 aromatic heterocycles. The molecule has 180 valence electrons. The van der Waals surface area contributed by atoms with E-state index in [0.29, 0.717) is 5.69 Å². The maximum atomic E-state index is 12.9. The van der Waals surface area contributed by atoms with Crippen LogP contribution in [0.4, 0.5) is 5.69 Å². The SMILES string of the molecule is CC(C)(C)n1ccc2c(NC(=O)CCl)c(-c3ccncc3CC(=O)NC3CCCCC3)ccc21. The average molecular weight is 481 g/mol. The Morgan fingerprint density at radius 3 is 2.53 bits per heavy atom. The van der Waals surface area contributed by atoms with Gasteiger partial charge >= 0.3 is 0 Å². The maximum absolute atomic E-state index is 12.9. The molecule has 7 heteroatoms. The molecule has 4 rings (SSSR count). The molecule has 0 radical (unpaired) electrons. The fraction of sp³-hybridized carbons (Fsp3) is 0.444. The molecule has 1 aliphatic carbocycles. The number of aromatic nitrogens is 2. The van der Waals surface area contributed by atoms with Crippen molar-refractivity contribution in [3.8, 4) is 11.1 Å². The fourth-order valence-electron chi connectivity index (χ4n) is 4.86. The molecule has 1 saturated carbocycles. The van der Waals surface area contributed by atoms with Crippen LogP contribution in [-0.2, 0) is 21.5 Å². The third-order valence-electron chi connectivity index (χ3n) is 6.50. The number of benzene rings is 1. The highest BCUT2D eigenvalue weighted by Gasteiger charge is 2.22. The number of carbonyl (C=O) groups is 2. The topological polar surface area (TPSA) is 76.0 Å². The molecule has 0 saturated heterocycles. The summed E-state index contributed by atoms with van der Waals surface area (Å²) in [5.74, 6) is -0.403. The second kappa shape index (κ2) is 10.2. The molecule has 6 nitrogen and oxygen atoms in total. The Labute approximate surface area is 206 Å². The Morgan fingerprint density at radius 2 is 1.82 bits per heavy atom. The van der Waals surface area contributed by atoms with Gasteiger partial charge in [-0.1, -0.05) is 25.3 Å². The molecule has 1 fully saturated rings. The van der Waals surface area contributed by atoms with Gasteiger partial charge < -0.3 is 15.2 Å². The van der Waals surface area contributed by atoms with Gasteiger partial charge in [-0.2, -0.15) is 0 Å². The van der Waals surface area contributed by atoms with E-state index in [1.807, 2.05) is 24.4 Å². The molecule has 0 spiro atoms. The molecule has 1 aliphatic rings. The van der Waals surface area contributed by atoms with Gasteiger partial charge in [0.2, 0.25) is 11.8 Å². The summed E-state index contributed by atoms with van der Waals surface area (Å²) in [6.07, 6.45) is 11.4. The van der Waals surface area contributed by atoms with Crippen LogP contribution >= 0.6 is 11.6 Å². The van der Waals surface area contributed by atoms with E-state index in [0.717, 1.165) is 40.4 Å². The smallest absolute Gasteiger partial charge is 0.239 e. The first-order chi connectivity index (χ1) is 16.3. The van der Waals surface area contributed by atoms with Crippen molar-refractivity contribution in [2.24, 2.45) is 0 Å². The number of nitrogens with one attached hydrogen (secondary N) is 2. The third-order valence-corrected chi connectivity index (χ3v) is 6.74. The van der Waals surface area contributed by atoms with Gasteiger partial charge in [0.05, 0.1) is 17.6 Å². The van der Waals surface area contributed by atoms with E-state index in [1.165, 1.54) is 19.3 Å². The summed E-state index contributed by atoms with van der Waals surface area (Å²) in [5, 5.41) is 7.13. The molecule has 2 amide bonds. The van der Waals surface area contributed by atoms with E-state index in [9.17, 15) is 9.59 Å². The van der Waals surface area contributed by atoms with Crippen LogP contribution in [0.5, 0.6) is 0 Å². The molecule has 0 atom stereocenters. The van der Waals surface area contributed by atoms with Crippen LogP contribution in [-0.4, -0.2) is 33.3 Å². The van der Waals surface area contributed by atoms with Crippen LogP contribution in [0.25, 0.3) is 22.0 Å². The zero-order valence-electron chi connectivity index (χ0n) is 20.2. The monoisotopic (exact) mass is 480 g/mol. The number of nitrogens with zero attached hydrogens (tertiary/aromatic N) is 2. The van der Waals surface area contributed by atoms with Crippen LogP contribution in [0.1, 0.15) is 58.4 Å². The summed E-state index contributed by atoms with van der Waals surface area (Å²) < 4.78 is 2.19. The van der Waals surface area contributed by atoms with Gasteiger partial charge in [0.25, 0.3) is 0 Å². The van der Waals surface area contributed by atoms with E-state index in [-0.39, 0.29) is 35.7 Å². The van der Waals surface area contributed by atoms with Crippen molar-refractivity contribution in [1.82, 2.24) is 14.9 Å². The average Bonchev–Trinajstić information content (AvgIpc) is 3.26. The van der Waals surface area contributed by atoms with Crippen molar-refractivity contribution >= 4 is 40.0 Å². The Kier molecular flexibility index (Phi) is 7.27. The number of rotatable bonds is 6. The number of fused-ring (bicyclic) bond motifs is 1. The Hall–Kier alpha value is -2.86. The Balaban J connectivity index is 1.73. The van der Waals surface area contributed by atoms with Crippen molar-refractivity contribution in [2.75, 3.05) is 11.2 Å². The largest absolute Gasteiger partial charge is 0.353 e. The zero-order valence-corrected chi connectivity index (χ0v) is 20.9. The number of amides is 2. The van der Waals surface area contributed by atoms with Gasteiger partial charge in [-0.3, -0.25) is 14.6 Å². The highest BCUT2D eigenvalue weighted by molar-refractivity contribution is 6.29. The lowest BCUT2D eigenvalue weighted by Crippen LogP contribution is -2.37. The van der Waals surface area contributed by atoms with Crippen LogP contribution in [0.3, 0.4) is 0 Å². The highest BCUT2D eigenvalue weighted by atomic mass is 35.5. The standard InChI is InChI=1S/C27H33ClN4O2/c1-27(2,3)32-14-12-22-23(32)10-9-21(26(22)31-25(34)16-28)20-11-13-29-17-18(20)15-24(33)30-19-7-5-4-6-8-19/h9-14,17,19H,4-8,15-16H2,1-3H3,(H,30,33)(H,31,34). The van der Waals surface area contributed by atoms with E-state index in [4.69, 9.17) is 11.6 Å². The lowest BCUT2D eigenvalue weighted by molar-refractivity contribution is -0.121. The summed E-state index contributed by atoms with van der Waals surface area (Å²) in [6.45, 7) is 6.43. The maximum Gasteiger partial charge on any atom is 0.239 e. The molecule has 34 heavy (non-hydrogen) atoms. The van der Waals surface area contributed by atoms with Gasteiger partial charge in [-0.25, -0.2) is 0 Å². The first kappa shape index (κ1) is 24.3. The second-order valence-corrected chi connectivity index (χ2v) is 10.3. The number of pyridine rings is 1. The van der Waals surface area contributed by atoms with Crippen molar-refractivity contribution in [1.29, 1.82) is 0 Å². The molecule has 0 unspecified atom stereocenters. The zero-order chi connectivity index (χ0) is 24.3. The number of hydrogen-bond donors (Lipinski definition) is 2. The first-order valence-electron chi connectivity index (χ1n) is 12.0. The molecule has 0 bridgehead atoms. The predicted molar refractivity (Wildman–Crippen MR) is 138 cm³/mol. The van der Waals surface area contributed by atoms with E-state index < -0.39 is 0 Å². The van der Waals surface area contributed by atoms with Crippen LogP contribution in [0.2, 0.25) is 0 Å². The minimum Gasteiger partial charge on any atom is -0.353 e. The summed E-state index contributed by atoms with van der Waals surface area (Å²) in [7, 11) is 0. The van der Waals surface area contributed by atoms with Crippen molar-refractivity contribution in [3.05, 3.63) is 48.4 Å². The normalized spacial score (nSPS) is 14.8. The Bertz CT molecular complexity index is 1190. The number of carbonyl (C=O) groups excluding carboxylic acids is 2. The molecule has 1 aromatic carbocycles. The van der Waals surface area contributed by atoms with Gasteiger partial charge in [0.15, 0.2) is 0 Å². The third kappa shape index (κ3) is 5.27. The van der Waals surface area contributed by atoms with Crippen LogP contribution in [0.15, 0.2) is 42.9 Å². The predicted octanol–water partition coefficient (Wildman–Crippen LogP) is 5.63. The molecule has 2 N–H and O–H groups in total. The fourth-order valence-corrected chi connectivity index (χ4v) is 4.93. The lowest BCUT2D eigenvalue weighted by atomic mass is 9.94. The van der Waals surface area contributed by atoms with E-state index >= 15 is 0 Å². The molecule has 2 heterocycles. The van der Waals surface area contributed by atoms with Gasteiger partial charge in [0, 0.05) is 41.1 Å². The minimum atomic E-state index is -0.274. The number of halogens is 1. The molecular weight excluding hydrogens is 448 g/mol. The Morgan fingerprint density at radius 1 is 1.06 bits per heavy atom. The summed E-state index contributed by atoms with van der Waals surface area (Å²) in [5.41, 5.74) is 4.16. The van der Waals surface area contributed by atoms with E-state index in [1.54, 1.807) is 12.4 Å².